The molecule has 4 N–H and O–H groups in total. The van der Waals surface area contributed by atoms with Crippen molar-refractivity contribution < 1.29 is 14.4 Å². The average Bonchev–Trinajstić information content (AvgIpc) is 2.58. The van der Waals surface area contributed by atoms with E-state index in [1.807, 2.05) is 30.3 Å². The number of rotatable bonds is 7. The van der Waals surface area contributed by atoms with Crippen molar-refractivity contribution in [1.82, 2.24) is 9.88 Å². The molecule has 0 spiro atoms. The Hall–Kier alpha value is -3.22. The zero-order valence-electron chi connectivity index (χ0n) is 13.0. The van der Waals surface area contributed by atoms with Crippen LogP contribution in [0.25, 0.3) is 0 Å². The van der Waals surface area contributed by atoms with Crippen LogP contribution in [0.5, 0.6) is 0 Å². The lowest BCUT2D eigenvalue weighted by molar-refractivity contribution is -0.118. The van der Waals surface area contributed by atoms with E-state index in [1.165, 1.54) is 23.2 Å². The first-order chi connectivity index (χ1) is 11.5. The summed E-state index contributed by atoms with van der Waals surface area (Å²) in [5.41, 5.74) is 11.6. The molecule has 0 aliphatic rings. The summed E-state index contributed by atoms with van der Waals surface area (Å²) in [5, 5.41) is 0. The van der Waals surface area contributed by atoms with E-state index >= 15 is 0 Å². The molecule has 0 saturated carbocycles. The van der Waals surface area contributed by atoms with Gasteiger partial charge in [-0.1, -0.05) is 30.3 Å². The highest BCUT2D eigenvalue weighted by Crippen LogP contribution is 2.11. The number of carbonyl (C=O) groups excluding carboxylic acids is 3. The lowest BCUT2D eigenvalue weighted by Gasteiger charge is -2.22. The van der Waals surface area contributed by atoms with Crippen LogP contribution in [0.2, 0.25) is 0 Å². The van der Waals surface area contributed by atoms with Gasteiger partial charge in [-0.15, -0.1) is 0 Å². The Morgan fingerprint density at radius 1 is 1.00 bits per heavy atom. The third kappa shape index (κ3) is 4.64. The normalized spacial score (nSPS) is 10.2. The molecule has 1 aromatic carbocycles. The maximum Gasteiger partial charge on any atom is 0.267 e. The second-order valence-corrected chi connectivity index (χ2v) is 5.22. The number of primary amides is 2. The predicted molar refractivity (Wildman–Crippen MR) is 87.7 cm³/mol. The smallest absolute Gasteiger partial charge is 0.267 e. The fourth-order valence-electron chi connectivity index (χ4n) is 2.15. The van der Waals surface area contributed by atoms with Crippen LogP contribution in [0.3, 0.4) is 0 Å². The van der Waals surface area contributed by atoms with Gasteiger partial charge in [0.25, 0.3) is 11.8 Å². The maximum absolute atomic E-state index is 12.7. The van der Waals surface area contributed by atoms with Crippen molar-refractivity contribution in [2.24, 2.45) is 11.5 Å². The molecule has 0 saturated heterocycles. The van der Waals surface area contributed by atoms with Gasteiger partial charge in [0.15, 0.2) is 0 Å². The summed E-state index contributed by atoms with van der Waals surface area (Å²) >= 11 is 0. The summed E-state index contributed by atoms with van der Waals surface area (Å²) in [6.45, 7) is 0.533. The Bertz CT molecular complexity index is 729. The second-order valence-electron chi connectivity index (χ2n) is 5.22. The fourth-order valence-corrected chi connectivity index (χ4v) is 2.15. The number of hydrogen-bond acceptors (Lipinski definition) is 4. The largest absolute Gasteiger partial charge is 0.370 e. The molecular formula is C17H18N4O3. The third-order valence-corrected chi connectivity index (χ3v) is 3.39. The molecule has 124 valence electrons. The van der Waals surface area contributed by atoms with Crippen LogP contribution >= 0.6 is 0 Å². The number of aromatic nitrogens is 1. The monoisotopic (exact) mass is 326 g/mol. The van der Waals surface area contributed by atoms with E-state index in [0.717, 1.165) is 5.56 Å². The molecule has 1 aromatic heterocycles. The standard InChI is InChI=1S/C17H18N4O3/c18-15(22)8-9-21(11-12-4-2-1-3-5-12)17(24)13-6-7-14(16(19)23)20-10-13/h1-7,10H,8-9,11H2,(H2,18,22)(H2,19,23). The van der Waals surface area contributed by atoms with Gasteiger partial charge in [0.05, 0.1) is 5.56 Å². The Morgan fingerprint density at radius 2 is 1.71 bits per heavy atom. The van der Waals surface area contributed by atoms with Crippen molar-refractivity contribution in [3.05, 3.63) is 65.5 Å². The minimum atomic E-state index is -0.663. The SMILES string of the molecule is NC(=O)CCN(Cc1ccccc1)C(=O)c1ccc(C(N)=O)nc1. The highest BCUT2D eigenvalue weighted by Gasteiger charge is 2.17. The van der Waals surface area contributed by atoms with Crippen molar-refractivity contribution in [3.63, 3.8) is 0 Å². The number of nitrogens with zero attached hydrogens (tertiary/aromatic N) is 2. The molecule has 2 aromatic rings. The molecule has 1 heterocycles. The van der Waals surface area contributed by atoms with E-state index in [9.17, 15) is 14.4 Å². The molecular weight excluding hydrogens is 308 g/mol. The molecule has 0 aliphatic heterocycles. The quantitative estimate of drug-likeness (QED) is 0.778. The number of benzene rings is 1. The summed E-state index contributed by atoms with van der Waals surface area (Å²) in [7, 11) is 0. The van der Waals surface area contributed by atoms with Gasteiger partial charge in [0.1, 0.15) is 5.69 Å². The molecule has 0 bridgehead atoms. The van der Waals surface area contributed by atoms with E-state index in [-0.39, 0.29) is 24.6 Å². The summed E-state index contributed by atoms with van der Waals surface area (Å²) < 4.78 is 0. The fraction of sp³-hybridized carbons (Fsp3) is 0.176. The molecule has 7 nitrogen and oxygen atoms in total. The van der Waals surface area contributed by atoms with Gasteiger partial charge in [0, 0.05) is 25.7 Å². The maximum atomic E-state index is 12.7. The predicted octanol–water partition coefficient (Wildman–Crippen LogP) is 0.698. The van der Waals surface area contributed by atoms with Gasteiger partial charge in [-0.05, 0) is 17.7 Å². The number of pyridine rings is 1. The van der Waals surface area contributed by atoms with E-state index in [2.05, 4.69) is 4.98 Å². The lowest BCUT2D eigenvalue weighted by atomic mass is 10.1. The van der Waals surface area contributed by atoms with Crippen molar-refractivity contribution in [2.45, 2.75) is 13.0 Å². The first kappa shape index (κ1) is 17.1. The molecule has 2 rings (SSSR count). The first-order valence-corrected chi connectivity index (χ1v) is 7.34. The van der Waals surface area contributed by atoms with Crippen LogP contribution in [-0.2, 0) is 11.3 Å². The van der Waals surface area contributed by atoms with Crippen molar-refractivity contribution >= 4 is 17.7 Å². The van der Waals surface area contributed by atoms with Crippen molar-refractivity contribution in [2.75, 3.05) is 6.54 Å². The molecule has 24 heavy (non-hydrogen) atoms. The number of carbonyl (C=O) groups is 3. The Balaban J connectivity index is 2.19. The van der Waals surface area contributed by atoms with Gasteiger partial charge in [0.2, 0.25) is 5.91 Å². The molecule has 7 heteroatoms. The molecule has 0 radical (unpaired) electrons. The third-order valence-electron chi connectivity index (χ3n) is 3.39. The summed E-state index contributed by atoms with van der Waals surface area (Å²) in [6, 6.07) is 12.3. The molecule has 0 unspecified atom stereocenters. The first-order valence-electron chi connectivity index (χ1n) is 7.34. The molecule has 0 fully saturated rings. The van der Waals surface area contributed by atoms with Crippen LogP contribution in [0.1, 0.15) is 32.8 Å². The molecule has 3 amide bonds. The van der Waals surface area contributed by atoms with Crippen LogP contribution in [-0.4, -0.2) is 34.2 Å². The molecule has 0 atom stereocenters. The van der Waals surface area contributed by atoms with E-state index in [0.29, 0.717) is 12.1 Å². The highest BCUT2D eigenvalue weighted by molar-refractivity contribution is 5.96. The topological polar surface area (TPSA) is 119 Å². The summed E-state index contributed by atoms with van der Waals surface area (Å²) in [5.74, 6) is -1.45. The van der Waals surface area contributed by atoms with E-state index in [1.54, 1.807) is 0 Å². The average molecular weight is 326 g/mol. The minimum Gasteiger partial charge on any atom is -0.370 e. The number of nitrogens with two attached hydrogens (primary N) is 2. The zero-order chi connectivity index (χ0) is 17.5. The second kappa shape index (κ2) is 7.87. The number of hydrogen-bond donors (Lipinski definition) is 2. The van der Waals surface area contributed by atoms with Crippen LogP contribution < -0.4 is 11.5 Å². The zero-order valence-corrected chi connectivity index (χ0v) is 13.0. The lowest BCUT2D eigenvalue weighted by Crippen LogP contribution is -2.33. The van der Waals surface area contributed by atoms with E-state index < -0.39 is 11.8 Å². The Labute approximate surface area is 139 Å². The molecule has 0 aliphatic carbocycles. The minimum absolute atomic E-state index is 0.0609. The van der Waals surface area contributed by atoms with Gasteiger partial charge >= 0.3 is 0 Å². The van der Waals surface area contributed by atoms with Gasteiger partial charge in [-0.3, -0.25) is 19.4 Å². The van der Waals surface area contributed by atoms with E-state index in [4.69, 9.17) is 11.5 Å². The van der Waals surface area contributed by atoms with Gasteiger partial charge in [-0.2, -0.15) is 0 Å². The van der Waals surface area contributed by atoms with Crippen LogP contribution in [0, 0.1) is 0 Å². The van der Waals surface area contributed by atoms with Crippen LogP contribution in [0.4, 0.5) is 0 Å². The summed E-state index contributed by atoms with van der Waals surface area (Å²) in [4.78, 5) is 40.1. The van der Waals surface area contributed by atoms with Gasteiger partial charge in [-0.25, -0.2) is 0 Å². The van der Waals surface area contributed by atoms with Gasteiger partial charge < -0.3 is 16.4 Å². The van der Waals surface area contributed by atoms with Crippen molar-refractivity contribution in [1.29, 1.82) is 0 Å². The Kier molecular flexibility index (Phi) is 5.62. The summed E-state index contributed by atoms with van der Waals surface area (Å²) in [6.07, 6.45) is 1.36. The number of amides is 3. The Morgan fingerprint density at radius 3 is 2.25 bits per heavy atom. The highest BCUT2D eigenvalue weighted by atomic mass is 16.2. The van der Waals surface area contributed by atoms with Crippen LogP contribution in [0.15, 0.2) is 48.7 Å². The van der Waals surface area contributed by atoms with Crippen molar-refractivity contribution in [3.8, 4) is 0 Å².